The van der Waals surface area contributed by atoms with Gasteiger partial charge in [-0.2, -0.15) is 5.10 Å². The third-order valence-electron chi connectivity index (χ3n) is 4.66. The average Bonchev–Trinajstić information content (AvgIpc) is 3.23. The Hall–Kier alpha value is -2.65. The lowest BCUT2D eigenvalue weighted by Gasteiger charge is -2.12. The van der Waals surface area contributed by atoms with E-state index in [1.54, 1.807) is 30.3 Å². The van der Waals surface area contributed by atoms with Gasteiger partial charge in [-0.15, -0.1) is 11.3 Å². The molecule has 0 atom stereocenters. The molecule has 0 aliphatic carbocycles. The van der Waals surface area contributed by atoms with Gasteiger partial charge < -0.3 is 4.74 Å². The molecule has 0 aliphatic heterocycles. The zero-order chi connectivity index (χ0) is 24.2. The number of rotatable bonds is 7. The summed E-state index contributed by atoms with van der Waals surface area (Å²) in [7, 11) is 0. The second-order valence-corrected chi connectivity index (χ2v) is 10.4. The highest BCUT2D eigenvalue weighted by molar-refractivity contribution is 14.1. The summed E-state index contributed by atoms with van der Waals surface area (Å²) in [5.41, 5.74) is 3.67. The van der Waals surface area contributed by atoms with Crippen molar-refractivity contribution >= 4 is 84.4 Å². The minimum atomic E-state index is -0.472. The van der Waals surface area contributed by atoms with E-state index in [2.05, 4.69) is 55.7 Å². The van der Waals surface area contributed by atoms with Crippen LogP contribution >= 0.6 is 56.5 Å². The molecular weight excluding hydrogens is 687 g/mol. The van der Waals surface area contributed by atoms with Gasteiger partial charge in [-0.05, 0) is 81.1 Å². The molecule has 1 heterocycles. The maximum absolute atomic E-state index is 13.8. The molecule has 4 aromatic rings. The Morgan fingerprint density at radius 2 is 1.88 bits per heavy atom. The summed E-state index contributed by atoms with van der Waals surface area (Å²) in [6.45, 7) is 0.112. The van der Waals surface area contributed by atoms with Gasteiger partial charge in [-0.1, -0.05) is 18.2 Å². The van der Waals surface area contributed by atoms with E-state index >= 15 is 0 Å². The van der Waals surface area contributed by atoms with E-state index in [1.165, 1.54) is 35.8 Å². The first-order valence-electron chi connectivity index (χ1n) is 9.68. The highest BCUT2D eigenvalue weighted by Gasteiger charge is 2.13. The summed E-state index contributed by atoms with van der Waals surface area (Å²) in [6, 6.07) is 16.2. The van der Waals surface area contributed by atoms with Crippen LogP contribution in [-0.2, 0) is 6.61 Å². The molecule has 0 spiro atoms. The molecule has 0 bridgehead atoms. The number of thiophene rings is 1. The highest BCUT2D eigenvalue weighted by atomic mass is 127. The number of nitrogens with one attached hydrogen (secondary N) is 1. The lowest BCUT2D eigenvalue weighted by Crippen LogP contribution is -2.16. The van der Waals surface area contributed by atoms with E-state index in [4.69, 9.17) is 4.74 Å². The van der Waals surface area contributed by atoms with Crippen molar-refractivity contribution in [2.45, 2.75) is 6.61 Å². The molecule has 34 heavy (non-hydrogen) atoms. The van der Waals surface area contributed by atoms with E-state index in [-0.39, 0.29) is 18.1 Å². The summed E-state index contributed by atoms with van der Waals surface area (Å²) in [4.78, 5) is 23.3. The van der Waals surface area contributed by atoms with Gasteiger partial charge in [-0.3, -0.25) is 14.9 Å². The van der Waals surface area contributed by atoms with Crippen LogP contribution < -0.4 is 10.2 Å². The van der Waals surface area contributed by atoms with Crippen molar-refractivity contribution in [2.24, 2.45) is 5.10 Å². The molecule has 172 valence electrons. The van der Waals surface area contributed by atoms with Crippen LogP contribution in [-0.4, -0.2) is 17.0 Å². The number of fused-ring (bicyclic) bond motifs is 1. The predicted molar refractivity (Wildman–Crippen MR) is 146 cm³/mol. The number of nitrogens with zero attached hydrogens (tertiary/aromatic N) is 2. The Bertz CT molecular complexity index is 1420. The molecule has 11 heteroatoms. The molecular formula is C23H14FI2N3O4S. The monoisotopic (exact) mass is 701 g/mol. The van der Waals surface area contributed by atoms with Gasteiger partial charge in [0, 0.05) is 27.8 Å². The Kier molecular flexibility index (Phi) is 7.73. The lowest BCUT2D eigenvalue weighted by molar-refractivity contribution is -0.384. The van der Waals surface area contributed by atoms with Crippen LogP contribution in [0.1, 0.15) is 20.8 Å². The molecule has 1 aromatic heterocycles. The van der Waals surface area contributed by atoms with Crippen molar-refractivity contribution in [3.63, 3.8) is 0 Å². The van der Waals surface area contributed by atoms with Crippen LogP contribution in [0.3, 0.4) is 0 Å². The largest absolute Gasteiger partial charge is 0.487 e. The summed E-state index contributed by atoms with van der Waals surface area (Å²) < 4.78 is 22.1. The number of non-ortho nitro benzene ring substituents is 1. The van der Waals surface area contributed by atoms with Crippen LogP contribution in [0.2, 0.25) is 0 Å². The maximum Gasteiger partial charge on any atom is 0.281 e. The van der Waals surface area contributed by atoms with Crippen LogP contribution in [0.5, 0.6) is 5.75 Å². The number of benzene rings is 3. The molecule has 0 fully saturated rings. The first-order valence-corrected chi connectivity index (χ1v) is 12.7. The summed E-state index contributed by atoms with van der Waals surface area (Å²) in [5.74, 6) is -0.0804. The molecule has 0 aliphatic rings. The molecule has 1 amide bonds. The second-order valence-electron chi connectivity index (χ2n) is 6.98. The van der Waals surface area contributed by atoms with Crippen molar-refractivity contribution in [2.75, 3.05) is 0 Å². The van der Waals surface area contributed by atoms with E-state index in [0.29, 0.717) is 21.6 Å². The molecule has 0 radical (unpaired) electrons. The number of carbonyl (C=O) groups is 1. The fraction of sp³-hybridized carbons (Fsp3) is 0.0435. The van der Waals surface area contributed by atoms with E-state index in [1.807, 2.05) is 12.1 Å². The fourth-order valence-corrected chi connectivity index (χ4v) is 6.09. The molecule has 3 aromatic carbocycles. The molecule has 4 rings (SSSR count). The quantitative estimate of drug-likeness (QED) is 0.103. The summed E-state index contributed by atoms with van der Waals surface area (Å²) in [5, 5.41) is 15.6. The van der Waals surface area contributed by atoms with Gasteiger partial charge in [-0.25, -0.2) is 9.82 Å². The van der Waals surface area contributed by atoms with Gasteiger partial charge in [0.1, 0.15) is 18.2 Å². The molecule has 0 saturated heterocycles. The van der Waals surface area contributed by atoms with Gasteiger partial charge >= 0.3 is 0 Å². The van der Waals surface area contributed by atoms with Crippen LogP contribution in [0.15, 0.2) is 65.8 Å². The van der Waals surface area contributed by atoms with Gasteiger partial charge in [0.15, 0.2) is 0 Å². The number of nitro groups is 1. The first-order chi connectivity index (χ1) is 16.3. The summed E-state index contributed by atoms with van der Waals surface area (Å²) >= 11 is 5.50. The minimum absolute atomic E-state index is 0.0270. The predicted octanol–water partition coefficient (Wildman–Crippen LogP) is 6.50. The fourth-order valence-electron chi connectivity index (χ4n) is 3.03. The molecule has 0 saturated carbocycles. The number of nitro benzene ring substituents is 1. The SMILES string of the molecule is O=C(N/N=C\c1cc(I)c(OCc2ccccc2F)c(I)c1)c1cc2cc([N+](=O)[O-])ccc2s1. The first kappa shape index (κ1) is 24.5. The standard InChI is InChI=1S/C23H14FI2N3O4S/c24-17-4-2-1-3-14(17)12-33-22-18(25)7-13(8-19(22)26)11-27-28-23(30)21-10-15-9-16(29(31)32)5-6-20(15)34-21/h1-11H,12H2,(H,28,30)/b27-11-. The number of hydrazone groups is 1. The number of halogens is 3. The topological polar surface area (TPSA) is 93.8 Å². The van der Waals surface area contributed by atoms with Crippen molar-refractivity contribution in [1.82, 2.24) is 5.43 Å². The third-order valence-corrected chi connectivity index (χ3v) is 7.38. The summed E-state index contributed by atoms with van der Waals surface area (Å²) in [6.07, 6.45) is 1.51. The van der Waals surface area contributed by atoms with E-state index in [0.717, 1.165) is 17.4 Å². The van der Waals surface area contributed by atoms with E-state index < -0.39 is 10.8 Å². The zero-order valence-electron chi connectivity index (χ0n) is 17.1. The number of hydrogen-bond acceptors (Lipinski definition) is 6. The number of hydrogen-bond donors (Lipinski definition) is 1. The molecule has 1 N–H and O–H groups in total. The van der Waals surface area contributed by atoms with E-state index in [9.17, 15) is 19.3 Å². The van der Waals surface area contributed by atoms with Crippen molar-refractivity contribution < 1.29 is 18.8 Å². The second kappa shape index (κ2) is 10.7. The Balaban J connectivity index is 1.42. The van der Waals surface area contributed by atoms with Crippen molar-refractivity contribution in [3.05, 3.63) is 99.7 Å². The Labute approximate surface area is 224 Å². The van der Waals surface area contributed by atoms with Crippen LogP contribution in [0.4, 0.5) is 10.1 Å². The van der Waals surface area contributed by atoms with Crippen LogP contribution in [0.25, 0.3) is 10.1 Å². The van der Waals surface area contributed by atoms with Crippen molar-refractivity contribution in [1.29, 1.82) is 0 Å². The van der Waals surface area contributed by atoms with Crippen molar-refractivity contribution in [3.8, 4) is 5.75 Å². The minimum Gasteiger partial charge on any atom is -0.487 e. The highest BCUT2D eigenvalue weighted by Crippen LogP contribution is 2.30. The third kappa shape index (κ3) is 5.70. The number of amides is 1. The lowest BCUT2D eigenvalue weighted by atomic mass is 10.2. The smallest absolute Gasteiger partial charge is 0.281 e. The normalized spacial score (nSPS) is 11.1. The van der Waals surface area contributed by atoms with Gasteiger partial charge in [0.05, 0.1) is 23.2 Å². The average molecular weight is 701 g/mol. The Morgan fingerprint density at radius 1 is 1.15 bits per heavy atom. The van der Waals surface area contributed by atoms with Gasteiger partial charge in [0.2, 0.25) is 0 Å². The molecule has 0 unspecified atom stereocenters. The zero-order valence-corrected chi connectivity index (χ0v) is 22.3. The maximum atomic E-state index is 13.8. The number of carbonyl (C=O) groups excluding carboxylic acids is 1. The van der Waals surface area contributed by atoms with Gasteiger partial charge in [0.25, 0.3) is 11.6 Å². The molecule has 7 nitrogen and oxygen atoms in total. The Morgan fingerprint density at radius 3 is 2.59 bits per heavy atom. The number of ether oxygens (including phenoxy) is 1. The van der Waals surface area contributed by atoms with Crippen LogP contribution in [0, 0.1) is 23.1 Å².